The van der Waals surface area contributed by atoms with Crippen LogP contribution in [0.1, 0.15) is 51.9 Å². The average Bonchev–Trinajstić information content (AvgIpc) is 2.58. The van der Waals surface area contributed by atoms with Crippen molar-refractivity contribution in [2.75, 3.05) is 0 Å². The summed E-state index contributed by atoms with van der Waals surface area (Å²) in [6, 6.07) is 2.14. The monoisotopic (exact) mass is 222 g/mol. The zero-order chi connectivity index (χ0) is 12.2. The number of aryl methyl sites for hydroxylation is 2. The summed E-state index contributed by atoms with van der Waals surface area (Å²) in [6.07, 6.45) is 4.44. The lowest BCUT2D eigenvalue weighted by atomic mass is 10.1. The average molecular weight is 222 g/mol. The van der Waals surface area contributed by atoms with Crippen LogP contribution in [0.25, 0.3) is 0 Å². The van der Waals surface area contributed by atoms with Gasteiger partial charge in [-0.25, -0.2) is 0 Å². The predicted molar refractivity (Wildman–Crippen MR) is 65.6 cm³/mol. The minimum atomic E-state index is 0.0178. The van der Waals surface area contributed by atoms with Crippen LogP contribution >= 0.6 is 0 Å². The molecule has 0 saturated carbocycles. The maximum Gasteiger partial charge on any atom is 0.120 e. The Morgan fingerprint density at radius 3 is 2.56 bits per heavy atom. The second-order valence-electron chi connectivity index (χ2n) is 5.16. The lowest BCUT2D eigenvalue weighted by Crippen LogP contribution is -2.25. The lowest BCUT2D eigenvalue weighted by Gasteiger charge is -2.22. The summed E-state index contributed by atoms with van der Waals surface area (Å²) in [6.45, 7) is 8.64. The van der Waals surface area contributed by atoms with Crippen molar-refractivity contribution in [3.63, 3.8) is 0 Å². The van der Waals surface area contributed by atoms with E-state index in [1.807, 2.05) is 0 Å². The van der Waals surface area contributed by atoms with Gasteiger partial charge in [0.05, 0.1) is 11.2 Å². The van der Waals surface area contributed by atoms with Gasteiger partial charge >= 0.3 is 0 Å². The number of carbonyl (C=O) groups excluding carboxylic acids is 1. The molecule has 3 nitrogen and oxygen atoms in total. The fourth-order valence-electron chi connectivity index (χ4n) is 1.82. The molecule has 0 spiro atoms. The fraction of sp³-hybridized carbons (Fsp3) is 0.692. The van der Waals surface area contributed by atoms with Crippen LogP contribution in [0, 0.1) is 0 Å². The van der Waals surface area contributed by atoms with Gasteiger partial charge in [0.2, 0.25) is 0 Å². The summed E-state index contributed by atoms with van der Waals surface area (Å²) < 4.78 is 2.09. The molecule has 0 N–H and O–H groups in total. The molecule has 1 heterocycles. The van der Waals surface area contributed by atoms with Gasteiger partial charge in [-0.2, -0.15) is 5.10 Å². The normalized spacial score (nSPS) is 11.8. The van der Waals surface area contributed by atoms with Gasteiger partial charge in [0, 0.05) is 12.1 Å². The second kappa shape index (κ2) is 5.28. The highest BCUT2D eigenvalue weighted by Gasteiger charge is 2.18. The van der Waals surface area contributed by atoms with Crippen molar-refractivity contribution in [1.82, 2.24) is 9.78 Å². The van der Waals surface area contributed by atoms with Gasteiger partial charge in [-0.3, -0.25) is 4.68 Å². The minimum absolute atomic E-state index is 0.0178. The molecule has 1 aromatic rings. The number of rotatable bonds is 5. The van der Waals surface area contributed by atoms with Crippen LogP contribution in [-0.2, 0) is 23.2 Å². The molecule has 0 atom stereocenters. The van der Waals surface area contributed by atoms with Gasteiger partial charge in [-0.05, 0) is 39.7 Å². The van der Waals surface area contributed by atoms with Gasteiger partial charge in [-0.15, -0.1) is 0 Å². The number of carbonyl (C=O) groups is 1. The predicted octanol–water partition coefficient (Wildman–Crippen LogP) is 2.72. The number of aldehydes is 1. The quantitative estimate of drug-likeness (QED) is 0.718. The van der Waals surface area contributed by atoms with Crippen molar-refractivity contribution in [1.29, 1.82) is 0 Å². The van der Waals surface area contributed by atoms with Gasteiger partial charge in [0.15, 0.2) is 0 Å². The number of hydrogen-bond donors (Lipinski definition) is 0. The molecule has 90 valence electrons. The standard InChI is InChI=1S/C13H22N2O/c1-5-7-12-10-11(8-6-9-16)14-15(12)13(2,3)4/h9-10H,5-8H2,1-4H3. The highest BCUT2D eigenvalue weighted by molar-refractivity contribution is 5.49. The molecular weight excluding hydrogens is 200 g/mol. The highest BCUT2D eigenvalue weighted by atomic mass is 16.1. The van der Waals surface area contributed by atoms with Crippen LogP contribution in [0.3, 0.4) is 0 Å². The molecule has 0 radical (unpaired) electrons. The SMILES string of the molecule is CCCc1cc(CCC=O)nn1C(C)(C)C. The van der Waals surface area contributed by atoms with Crippen molar-refractivity contribution in [2.24, 2.45) is 0 Å². The summed E-state index contributed by atoms with van der Waals surface area (Å²) in [5.74, 6) is 0. The zero-order valence-corrected chi connectivity index (χ0v) is 10.8. The molecule has 0 fully saturated rings. The molecule has 0 aliphatic rings. The molecule has 0 aliphatic heterocycles. The third kappa shape index (κ3) is 3.19. The third-order valence-electron chi connectivity index (χ3n) is 2.49. The molecule has 3 heteroatoms. The van der Waals surface area contributed by atoms with Gasteiger partial charge < -0.3 is 4.79 Å². The molecule has 0 saturated heterocycles. The summed E-state index contributed by atoms with van der Waals surface area (Å²) >= 11 is 0. The van der Waals surface area contributed by atoms with Gasteiger partial charge in [-0.1, -0.05) is 13.3 Å². The van der Waals surface area contributed by atoms with E-state index in [0.717, 1.165) is 31.2 Å². The molecule has 0 unspecified atom stereocenters. The molecule has 16 heavy (non-hydrogen) atoms. The minimum Gasteiger partial charge on any atom is -0.303 e. The van der Waals surface area contributed by atoms with E-state index in [4.69, 9.17) is 0 Å². The molecule has 0 aliphatic carbocycles. The van der Waals surface area contributed by atoms with E-state index in [1.54, 1.807) is 0 Å². The summed E-state index contributed by atoms with van der Waals surface area (Å²) in [7, 11) is 0. The molecular formula is C13H22N2O. The van der Waals surface area contributed by atoms with Crippen LogP contribution in [0.2, 0.25) is 0 Å². The first kappa shape index (κ1) is 12.9. The summed E-state index contributed by atoms with van der Waals surface area (Å²) in [4.78, 5) is 10.4. The Balaban J connectivity index is 2.95. The molecule has 0 aromatic carbocycles. The first-order valence-corrected chi connectivity index (χ1v) is 6.01. The Labute approximate surface area is 97.8 Å². The van der Waals surface area contributed by atoms with Crippen molar-refractivity contribution in [3.8, 4) is 0 Å². The number of aromatic nitrogens is 2. The van der Waals surface area contributed by atoms with E-state index in [2.05, 4.69) is 43.5 Å². The van der Waals surface area contributed by atoms with Crippen molar-refractivity contribution < 1.29 is 4.79 Å². The number of hydrogen-bond acceptors (Lipinski definition) is 2. The Hall–Kier alpha value is -1.12. The maximum atomic E-state index is 10.4. The van der Waals surface area contributed by atoms with E-state index in [9.17, 15) is 4.79 Å². The second-order valence-corrected chi connectivity index (χ2v) is 5.16. The third-order valence-corrected chi connectivity index (χ3v) is 2.49. The zero-order valence-electron chi connectivity index (χ0n) is 10.8. The fourth-order valence-corrected chi connectivity index (χ4v) is 1.82. The topological polar surface area (TPSA) is 34.9 Å². The van der Waals surface area contributed by atoms with Crippen molar-refractivity contribution in [2.45, 2.75) is 58.9 Å². The van der Waals surface area contributed by atoms with Crippen LogP contribution in [0.15, 0.2) is 6.07 Å². The Morgan fingerprint density at radius 1 is 1.38 bits per heavy atom. The van der Waals surface area contributed by atoms with E-state index in [0.29, 0.717) is 6.42 Å². The highest BCUT2D eigenvalue weighted by Crippen LogP contribution is 2.19. The van der Waals surface area contributed by atoms with E-state index < -0.39 is 0 Å². The maximum absolute atomic E-state index is 10.4. The van der Waals surface area contributed by atoms with E-state index in [1.165, 1.54) is 5.69 Å². The first-order valence-electron chi connectivity index (χ1n) is 6.01. The largest absolute Gasteiger partial charge is 0.303 e. The van der Waals surface area contributed by atoms with Crippen LogP contribution in [0.4, 0.5) is 0 Å². The van der Waals surface area contributed by atoms with E-state index in [-0.39, 0.29) is 5.54 Å². The molecule has 0 amide bonds. The molecule has 1 aromatic heterocycles. The Morgan fingerprint density at radius 2 is 2.06 bits per heavy atom. The van der Waals surface area contributed by atoms with Gasteiger partial charge in [0.1, 0.15) is 6.29 Å². The molecule has 0 bridgehead atoms. The first-order chi connectivity index (χ1) is 7.49. The van der Waals surface area contributed by atoms with Crippen molar-refractivity contribution in [3.05, 3.63) is 17.5 Å². The Bertz CT molecular complexity index is 347. The van der Waals surface area contributed by atoms with Crippen LogP contribution in [0.5, 0.6) is 0 Å². The smallest absolute Gasteiger partial charge is 0.120 e. The van der Waals surface area contributed by atoms with Crippen LogP contribution < -0.4 is 0 Å². The van der Waals surface area contributed by atoms with E-state index >= 15 is 0 Å². The number of nitrogens with zero attached hydrogens (tertiary/aromatic N) is 2. The Kier molecular flexibility index (Phi) is 4.27. The van der Waals surface area contributed by atoms with Crippen LogP contribution in [-0.4, -0.2) is 16.1 Å². The molecule has 1 rings (SSSR count). The van der Waals surface area contributed by atoms with Crippen molar-refractivity contribution >= 4 is 6.29 Å². The summed E-state index contributed by atoms with van der Waals surface area (Å²) in [5, 5.41) is 4.60. The summed E-state index contributed by atoms with van der Waals surface area (Å²) in [5.41, 5.74) is 2.32. The lowest BCUT2D eigenvalue weighted by molar-refractivity contribution is -0.107. The van der Waals surface area contributed by atoms with Gasteiger partial charge in [0.25, 0.3) is 0 Å².